The van der Waals surface area contributed by atoms with E-state index in [0.29, 0.717) is 24.1 Å². The molecule has 0 unspecified atom stereocenters. The SMILES string of the molecule is O=C(NCc1cc(C2CC2)on1)c1cn(C[C@@H]2CCCNC2)nn1. The fourth-order valence-electron chi connectivity index (χ4n) is 3.07. The summed E-state index contributed by atoms with van der Waals surface area (Å²) in [6, 6.07) is 1.92. The summed E-state index contributed by atoms with van der Waals surface area (Å²) in [6.07, 6.45) is 6.42. The topological polar surface area (TPSA) is 97.9 Å². The highest BCUT2D eigenvalue weighted by molar-refractivity contribution is 5.91. The summed E-state index contributed by atoms with van der Waals surface area (Å²) in [6.45, 7) is 3.22. The Morgan fingerprint density at radius 3 is 3.12 bits per heavy atom. The number of rotatable bonds is 6. The van der Waals surface area contributed by atoms with Crippen molar-refractivity contribution < 1.29 is 9.32 Å². The molecule has 4 rings (SSSR count). The van der Waals surface area contributed by atoms with Crippen LogP contribution in [0.5, 0.6) is 0 Å². The van der Waals surface area contributed by atoms with Crippen LogP contribution in [-0.2, 0) is 13.1 Å². The zero-order valence-corrected chi connectivity index (χ0v) is 13.6. The van der Waals surface area contributed by atoms with Gasteiger partial charge >= 0.3 is 0 Å². The number of piperidine rings is 1. The molecule has 8 heteroatoms. The second kappa shape index (κ2) is 6.72. The summed E-state index contributed by atoms with van der Waals surface area (Å²) >= 11 is 0. The Kier molecular flexibility index (Phi) is 4.29. The number of nitrogens with zero attached hydrogens (tertiary/aromatic N) is 4. The Bertz CT molecular complexity index is 699. The number of amides is 1. The number of aromatic nitrogens is 4. The smallest absolute Gasteiger partial charge is 0.273 e. The molecule has 2 aromatic heterocycles. The largest absolute Gasteiger partial charge is 0.361 e. The molecule has 3 heterocycles. The predicted octanol–water partition coefficient (Wildman–Crippen LogP) is 1.07. The summed E-state index contributed by atoms with van der Waals surface area (Å²) in [7, 11) is 0. The molecule has 1 aliphatic heterocycles. The molecular weight excluding hydrogens is 308 g/mol. The molecule has 2 fully saturated rings. The first-order valence-electron chi connectivity index (χ1n) is 8.62. The van der Waals surface area contributed by atoms with Crippen LogP contribution in [0.1, 0.15) is 53.5 Å². The van der Waals surface area contributed by atoms with Crippen LogP contribution in [0.25, 0.3) is 0 Å². The van der Waals surface area contributed by atoms with Crippen LogP contribution in [0.4, 0.5) is 0 Å². The quantitative estimate of drug-likeness (QED) is 0.822. The molecule has 128 valence electrons. The van der Waals surface area contributed by atoms with E-state index in [1.807, 2.05) is 6.07 Å². The molecule has 2 N–H and O–H groups in total. The Morgan fingerprint density at radius 2 is 2.33 bits per heavy atom. The van der Waals surface area contributed by atoms with E-state index in [2.05, 4.69) is 26.1 Å². The highest BCUT2D eigenvalue weighted by Gasteiger charge is 2.27. The van der Waals surface area contributed by atoms with E-state index in [9.17, 15) is 4.79 Å². The van der Waals surface area contributed by atoms with Crippen molar-refractivity contribution in [3.63, 3.8) is 0 Å². The van der Waals surface area contributed by atoms with Gasteiger partial charge in [0.25, 0.3) is 5.91 Å². The van der Waals surface area contributed by atoms with E-state index in [0.717, 1.165) is 31.1 Å². The number of carbonyl (C=O) groups excluding carboxylic acids is 1. The van der Waals surface area contributed by atoms with Crippen LogP contribution >= 0.6 is 0 Å². The Morgan fingerprint density at radius 1 is 1.42 bits per heavy atom. The molecule has 0 aromatic carbocycles. The van der Waals surface area contributed by atoms with Crippen molar-refractivity contribution in [1.82, 2.24) is 30.8 Å². The highest BCUT2D eigenvalue weighted by atomic mass is 16.5. The molecule has 1 amide bonds. The van der Waals surface area contributed by atoms with Gasteiger partial charge in [0.15, 0.2) is 5.69 Å². The first-order chi connectivity index (χ1) is 11.8. The van der Waals surface area contributed by atoms with Crippen molar-refractivity contribution in [1.29, 1.82) is 0 Å². The van der Waals surface area contributed by atoms with Crippen LogP contribution in [0.2, 0.25) is 0 Å². The van der Waals surface area contributed by atoms with E-state index < -0.39 is 0 Å². The summed E-state index contributed by atoms with van der Waals surface area (Å²) in [5, 5.41) is 18.2. The fraction of sp³-hybridized carbons (Fsp3) is 0.625. The van der Waals surface area contributed by atoms with Crippen molar-refractivity contribution in [2.45, 2.75) is 44.7 Å². The van der Waals surface area contributed by atoms with Crippen molar-refractivity contribution in [3.05, 3.63) is 29.4 Å². The minimum Gasteiger partial charge on any atom is -0.361 e. The standard InChI is InChI=1S/C16H22N6O2/c23-16(18-8-13-6-15(24-20-13)12-3-4-12)14-10-22(21-19-14)9-11-2-1-5-17-7-11/h6,10-12,17H,1-5,7-9H2,(H,18,23)/t11-/m1/s1. The van der Waals surface area contributed by atoms with Gasteiger partial charge in [-0.1, -0.05) is 10.4 Å². The lowest BCUT2D eigenvalue weighted by Crippen LogP contribution is -2.32. The normalized spacial score (nSPS) is 20.9. The van der Waals surface area contributed by atoms with Crippen molar-refractivity contribution in [2.24, 2.45) is 5.92 Å². The maximum Gasteiger partial charge on any atom is 0.273 e. The van der Waals surface area contributed by atoms with E-state index in [4.69, 9.17) is 4.52 Å². The molecule has 1 saturated heterocycles. The second-order valence-corrected chi connectivity index (χ2v) is 6.72. The Labute approximate surface area is 140 Å². The molecule has 2 aliphatic rings. The van der Waals surface area contributed by atoms with Crippen LogP contribution in [-0.4, -0.2) is 39.1 Å². The highest BCUT2D eigenvalue weighted by Crippen LogP contribution is 2.40. The Balaban J connectivity index is 1.29. The van der Waals surface area contributed by atoms with Crippen molar-refractivity contribution >= 4 is 5.91 Å². The van der Waals surface area contributed by atoms with Gasteiger partial charge in [0.1, 0.15) is 11.5 Å². The van der Waals surface area contributed by atoms with Gasteiger partial charge in [-0.3, -0.25) is 9.48 Å². The van der Waals surface area contributed by atoms with Gasteiger partial charge in [0, 0.05) is 18.5 Å². The van der Waals surface area contributed by atoms with Crippen molar-refractivity contribution in [2.75, 3.05) is 13.1 Å². The Hall–Kier alpha value is -2.22. The molecule has 1 atom stereocenters. The zero-order chi connectivity index (χ0) is 16.4. The third kappa shape index (κ3) is 3.64. The van der Waals surface area contributed by atoms with Crippen LogP contribution in [0.3, 0.4) is 0 Å². The molecule has 8 nitrogen and oxygen atoms in total. The number of hydrogen-bond donors (Lipinski definition) is 2. The molecule has 1 saturated carbocycles. The van der Waals surface area contributed by atoms with Gasteiger partial charge in [-0.15, -0.1) is 5.10 Å². The third-order valence-electron chi connectivity index (χ3n) is 4.60. The van der Waals surface area contributed by atoms with Crippen LogP contribution in [0.15, 0.2) is 16.8 Å². The van der Waals surface area contributed by atoms with E-state index in [-0.39, 0.29) is 5.91 Å². The summed E-state index contributed by atoms with van der Waals surface area (Å²) in [4.78, 5) is 12.2. The average molecular weight is 330 g/mol. The lowest BCUT2D eigenvalue weighted by molar-refractivity contribution is 0.0945. The van der Waals surface area contributed by atoms with Gasteiger partial charge in [-0.25, -0.2) is 0 Å². The summed E-state index contributed by atoms with van der Waals surface area (Å²) in [5.41, 5.74) is 1.08. The molecule has 0 radical (unpaired) electrons. The average Bonchev–Trinajstić information content (AvgIpc) is 3.17. The predicted molar refractivity (Wildman–Crippen MR) is 85.3 cm³/mol. The van der Waals surface area contributed by atoms with E-state index in [1.165, 1.54) is 25.7 Å². The maximum absolute atomic E-state index is 12.2. The number of nitrogens with one attached hydrogen (secondary N) is 2. The van der Waals surface area contributed by atoms with E-state index >= 15 is 0 Å². The summed E-state index contributed by atoms with van der Waals surface area (Å²) < 4.78 is 7.03. The third-order valence-corrected chi connectivity index (χ3v) is 4.60. The van der Waals surface area contributed by atoms with Crippen LogP contribution < -0.4 is 10.6 Å². The minimum atomic E-state index is -0.237. The number of hydrogen-bond acceptors (Lipinski definition) is 6. The first kappa shape index (κ1) is 15.3. The maximum atomic E-state index is 12.2. The lowest BCUT2D eigenvalue weighted by Gasteiger charge is -2.22. The summed E-state index contributed by atoms with van der Waals surface area (Å²) in [5.74, 6) is 1.76. The minimum absolute atomic E-state index is 0.237. The van der Waals surface area contributed by atoms with Gasteiger partial charge in [0.05, 0.1) is 12.7 Å². The van der Waals surface area contributed by atoms with Gasteiger partial charge in [0.2, 0.25) is 0 Å². The molecule has 0 bridgehead atoms. The monoisotopic (exact) mass is 330 g/mol. The molecular formula is C16H22N6O2. The van der Waals surface area contributed by atoms with Crippen LogP contribution in [0, 0.1) is 5.92 Å². The van der Waals surface area contributed by atoms with Gasteiger partial charge in [-0.2, -0.15) is 0 Å². The van der Waals surface area contributed by atoms with Crippen molar-refractivity contribution in [3.8, 4) is 0 Å². The lowest BCUT2D eigenvalue weighted by atomic mass is 10.00. The number of carbonyl (C=O) groups is 1. The first-order valence-corrected chi connectivity index (χ1v) is 8.62. The molecule has 2 aromatic rings. The van der Waals surface area contributed by atoms with Gasteiger partial charge < -0.3 is 15.2 Å². The second-order valence-electron chi connectivity index (χ2n) is 6.72. The fourth-order valence-corrected chi connectivity index (χ4v) is 3.07. The van der Waals surface area contributed by atoms with E-state index in [1.54, 1.807) is 10.9 Å². The molecule has 24 heavy (non-hydrogen) atoms. The van der Waals surface area contributed by atoms with Gasteiger partial charge in [-0.05, 0) is 44.7 Å². The zero-order valence-electron chi connectivity index (χ0n) is 13.6. The molecule has 0 spiro atoms. The molecule has 1 aliphatic carbocycles.